The van der Waals surface area contributed by atoms with Crippen LogP contribution >= 0.6 is 0 Å². The van der Waals surface area contributed by atoms with Crippen molar-refractivity contribution in [2.24, 2.45) is 0 Å². The molecule has 0 aromatic heterocycles. The molecule has 1 saturated heterocycles. The van der Waals surface area contributed by atoms with Crippen molar-refractivity contribution in [3.05, 3.63) is 29.8 Å². The summed E-state index contributed by atoms with van der Waals surface area (Å²) in [6.45, 7) is 2.92. The van der Waals surface area contributed by atoms with Crippen LogP contribution in [0.15, 0.2) is 29.2 Å². The minimum Gasteiger partial charge on any atom is -0.376 e. The zero-order chi connectivity index (χ0) is 18.4. The molecule has 1 aliphatic rings. The van der Waals surface area contributed by atoms with E-state index in [0.29, 0.717) is 12.2 Å². The monoisotopic (exact) mass is 370 g/mol. The van der Waals surface area contributed by atoms with Gasteiger partial charge in [0.2, 0.25) is 15.9 Å². The SMILES string of the molecule is C[C@H](OC[C@@H]1CCCO1)C(=O)NCc1ccccc1S(=O)(=O)N(C)C. The van der Waals surface area contributed by atoms with Gasteiger partial charge in [0, 0.05) is 27.2 Å². The number of sulfonamides is 1. The Hall–Kier alpha value is -1.48. The molecule has 0 aliphatic carbocycles. The molecule has 0 saturated carbocycles. The maximum atomic E-state index is 12.4. The molecular weight excluding hydrogens is 344 g/mol. The highest BCUT2D eigenvalue weighted by atomic mass is 32.2. The van der Waals surface area contributed by atoms with E-state index in [1.54, 1.807) is 25.1 Å². The van der Waals surface area contributed by atoms with Crippen LogP contribution in [0.4, 0.5) is 0 Å². The number of amides is 1. The van der Waals surface area contributed by atoms with Crippen LogP contribution in [0.1, 0.15) is 25.3 Å². The summed E-state index contributed by atoms with van der Waals surface area (Å²) in [6.07, 6.45) is 1.40. The molecule has 2 rings (SSSR count). The highest BCUT2D eigenvalue weighted by Crippen LogP contribution is 2.18. The molecule has 1 N–H and O–H groups in total. The van der Waals surface area contributed by atoms with Crippen molar-refractivity contribution in [3.63, 3.8) is 0 Å². The predicted octanol–water partition coefficient (Wildman–Crippen LogP) is 1.14. The average molecular weight is 370 g/mol. The fraction of sp³-hybridized carbons (Fsp3) is 0.588. The van der Waals surface area contributed by atoms with Gasteiger partial charge >= 0.3 is 0 Å². The van der Waals surface area contributed by atoms with E-state index in [1.807, 2.05) is 0 Å². The van der Waals surface area contributed by atoms with E-state index < -0.39 is 16.1 Å². The van der Waals surface area contributed by atoms with Gasteiger partial charge in [0.1, 0.15) is 6.10 Å². The van der Waals surface area contributed by atoms with Crippen LogP contribution in [0.2, 0.25) is 0 Å². The summed E-state index contributed by atoms with van der Waals surface area (Å²) in [4.78, 5) is 12.4. The third kappa shape index (κ3) is 5.24. The topological polar surface area (TPSA) is 84.9 Å². The number of rotatable bonds is 8. The third-order valence-corrected chi connectivity index (χ3v) is 6.03. The van der Waals surface area contributed by atoms with Crippen LogP contribution in [-0.2, 0) is 30.8 Å². The average Bonchev–Trinajstić information content (AvgIpc) is 3.11. The summed E-state index contributed by atoms with van der Waals surface area (Å²) < 4.78 is 36.9. The van der Waals surface area contributed by atoms with E-state index in [4.69, 9.17) is 9.47 Å². The van der Waals surface area contributed by atoms with E-state index in [2.05, 4.69) is 5.32 Å². The molecule has 2 atom stereocenters. The maximum Gasteiger partial charge on any atom is 0.249 e. The molecule has 25 heavy (non-hydrogen) atoms. The molecule has 1 fully saturated rings. The Kier molecular flexibility index (Phi) is 6.95. The van der Waals surface area contributed by atoms with E-state index >= 15 is 0 Å². The second-order valence-electron chi connectivity index (χ2n) is 6.22. The quantitative estimate of drug-likeness (QED) is 0.742. The van der Waals surface area contributed by atoms with Crippen LogP contribution in [0.3, 0.4) is 0 Å². The first-order chi connectivity index (χ1) is 11.8. The summed E-state index contributed by atoms with van der Waals surface area (Å²) in [7, 11) is -0.607. The lowest BCUT2D eigenvalue weighted by Crippen LogP contribution is -2.36. The normalized spacial score (nSPS) is 19.1. The first-order valence-corrected chi connectivity index (χ1v) is 9.77. The van der Waals surface area contributed by atoms with Crippen molar-refractivity contribution in [1.82, 2.24) is 9.62 Å². The Morgan fingerprint density at radius 3 is 2.76 bits per heavy atom. The van der Waals surface area contributed by atoms with Crippen molar-refractivity contribution >= 4 is 15.9 Å². The zero-order valence-electron chi connectivity index (χ0n) is 14.9. The zero-order valence-corrected chi connectivity index (χ0v) is 15.7. The highest BCUT2D eigenvalue weighted by molar-refractivity contribution is 7.89. The minimum absolute atomic E-state index is 0.0567. The number of benzene rings is 1. The lowest BCUT2D eigenvalue weighted by atomic mass is 10.2. The molecule has 0 unspecified atom stereocenters. The molecule has 7 nitrogen and oxygen atoms in total. The van der Waals surface area contributed by atoms with Gasteiger partial charge in [-0.25, -0.2) is 12.7 Å². The highest BCUT2D eigenvalue weighted by Gasteiger charge is 2.22. The molecule has 1 aromatic rings. The van der Waals surface area contributed by atoms with Crippen LogP contribution in [-0.4, -0.2) is 58.1 Å². The number of hydrogen-bond acceptors (Lipinski definition) is 5. The van der Waals surface area contributed by atoms with Crippen molar-refractivity contribution in [3.8, 4) is 0 Å². The number of nitrogens with zero attached hydrogens (tertiary/aromatic N) is 1. The molecule has 1 heterocycles. The standard InChI is InChI=1S/C17H26N2O5S/c1-13(24-12-15-8-6-10-23-15)17(20)18-11-14-7-4-5-9-16(14)25(21,22)19(2)3/h4-5,7,9,13,15H,6,8,10-12H2,1-3H3,(H,18,20)/t13-,15-/m0/s1. The first-order valence-electron chi connectivity index (χ1n) is 8.33. The fourth-order valence-corrected chi connectivity index (χ4v) is 3.64. The van der Waals surface area contributed by atoms with Crippen LogP contribution in [0.5, 0.6) is 0 Å². The fourth-order valence-electron chi connectivity index (χ4n) is 2.53. The van der Waals surface area contributed by atoms with Crippen molar-refractivity contribution < 1.29 is 22.7 Å². The van der Waals surface area contributed by atoms with Gasteiger partial charge in [0.25, 0.3) is 0 Å². The largest absolute Gasteiger partial charge is 0.376 e. The Labute approximate surface area is 149 Å². The number of ether oxygens (including phenoxy) is 2. The van der Waals surface area contributed by atoms with Gasteiger partial charge < -0.3 is 14.8 Å². The lowest BCUT2D eigenvalue weighted by molar-refractivity contribution is -0.133. The molecule has 1 aromatic carbocycles. The predicted molar refractivity (Wildman–Crippen MR) is 93.5 cm³/mol. The minimum atomic E-state index is -3.56. The van der Waals surface area contributed by atoms with Gasteiger partial charge in [-0.3, -0.25) is 4.79 Å². The summed E-state index contributed by atoms with van der Waals surface area (Å²) in [5, 5.41) is 2.74. The Bertz CT molecular complexity index is 684. The summed E-state index contributed by atoms with van der Waals surface area (Å²) in [5.74, 6) is -0.282. The molecule has 0 bridgehead atoms. The summed E-state index contributed by atoms with van der Waals surface area (Å²) in [5.41, 5.74) is 0.538. The van der Waals surface area contributed by atoms with Gasteiger partial charge in [-0.1, -0.05) is 18.2 Å². The van der Waals surface area contributed by atoms with Gasteiger partial charge in [-0.2, -0.15) is 0 Å². The Balaban J connectivity index is 1.93. The summed E-state index contributed by atoms with van der Waals surface area (Å²) >= 11 is 0. The molecule has 8 heteroatoms. The van der Waals surface area contributed by atoms with E-state index in [0.717, 1.165) is 23.8 Å². The smallest absolute Gasteiger partial charge is 0.249 e. The number of nitrogens with one attached hydrogen (secondary N) is 1. The first kappa shape index (κ1) is 19.8. The van der Waals surface area contributed by atoms with Crippen molar-refractivity contribution in [1.29, 1.82) is 0 Å². The molecule has 0 spiro atoms. The van der Waals surface area contributed by atoms with E-state index in [9.17, 15) is 13.2 Å². The second kappa shape index (κ2) is 8.75. The van der Waals surface area contributed by atoms with Gasteiger partial charge in [-0.15, -0.1) is 0 Å². The van der Waals surface area contributed by atoms with E-state index in [-0.39, 0.29) is 23.5 Å². The summed E-state index contributed by atoms with van der Waals surface area (Å²) in [6, 6.07) is 6.63. The van der Waals surface area contributed by atoms with Crippen molar-refractivity contribution in [2.45, 2.75) is 43.4 Å². The Morgan fingerprint density at radius 2 is 2.12 bits per heavy atom. The molecule has 1 amide bonds. The number of carbonyl (C=O) groups is 1. The second-order valence-corrected chi connectivity index (χ2v) is 8.34. The number of carbonyl (C=O) groups excluding carboxylic acids is 1. The lowest BCUT2D eigenvalue weighted by Gasteiger charge is -2.18. The number of hydrogen-bond donors (Lipinski definition) is 1. The van der Waals surface area contributed by atoms with Gasteiger partial charge in [0.05, 0.1) is 17.6 Å². The van der Waals surface area contributed by atoms with Crippen molar-refractivity contribution in [2.75, 3.05) is 27.3 Å². The Morgan fingerprint density at radius 1 is 1.40 bits per heavy atom. The molecule has 1 aliphatic heterocycles. The molecule has 0 radical (unpaired) electrons. The van der Waals surface area contributed by atoms with Crippen LogP contribution < -0.4 is 5.32 Å². The van der Waals surface area contributed by atoms with Crippen LogP contribution in [0, 0.1) is 0 Å². The van der Waals surface area contributed by atoms with Gasteiger partial charge in [-0.05, 0) is 31.4 Å². The molecular formula is C17H26N2O5S. The van der Waals surface area contributed by atoms with E-state index in [1.165, 1.54) is 20.2 Å². The third-order valence-electron chi connectivity index (χ3n) is 4.11. The van der Waals surface area contributed by atoms with Crippen LogP contribution in [0.25, 0.3) is 0 Å². The molecule has 140 valence electrons. The maximum absolute atomic E-state index is 12.4. The van der Waals surface area contributed by atoms with Gasteiger partial charge in [0.15, 0.2) is 0 Å².